The van der Waals surface area contributed by atoms with Crippen molar-refractivity contribution in [2.45, 2.75) is 19.3 Å². The molecule has 0 saturated heterocycles. The average Bonchev–Trinajstić information content (AvgIpc) is 3.39. The van der Waals surface area contributed by atoms with E-state index in [-0.39, 0.29) is 0 Å². The molecule has 2 heterocycles. The first kappa shape index (κ1) is 38.5. The number of benzene rings is 10. The van der Waals surface area contributed by atoms with Crippen LogP contribution in [0.5, 0.6) is 0 Å². The van der Waals surface area contributed by atoms with Crippen molar-refractivity contribution in [1.82, 2.24) is 9.97 Å². The lowest BCUT2D eigenvalue weighted by atomic mass is 9.85. The Morgan fingerprint density at radius 1 is 0.292 bits per heavy atom. The highest BCUT2D eigenvalue weighted by Crippen LogP contribution is 2.38. The van der Waals surface area contributed by atoms with Crippen LogP contribution in [-0.4, -0.2) is 9.97 Å². The van der Waals surface area contributed by atoms with Gasteiger partial charge in [-0.15, -0.1) is 0 Å². The van der Waals surface area contributed by atoms with E-state index in [9.17, 15) is 0 Å². The summed E-state index contributed by atoms with van der Waals surface area (Å²) in [6, 6.07) is 64.8. The molecule has 0 N–H and O–H groups in total. The van der Waals surface area contributed by atoms with Crippen LogP contribution in [0.3, 0.4) is 0 Å². The van der Waals surface area contributed by atoms with E-state index >= 15 is 0 Å². The van der Waals surface area contributed by atoms with E-state index in [1.165, 1.54) is 98.0 Å². The summed E-state index contributed by atoms with van der Waals surface area (Å²) >= 11 is 0. The van der Waals surface area contributed by atoms with Crippen LogP contribution >= 0.6 is 0 Å². The summed E-state index contributed by atoms with van der Waals surface area (Å²) in [5.74, 6) is 0. The summed E-state index contributed by atoms with van der Waals surface area (Å²) in [7, 11) is 0. The molecule has 0 spiro atoms. The zero-order valence-electron chi connectivity index (χ0n) is 36.0. The highest BCUT2D eigenvalue weighted by Gasteiger charge is 2.16. The SMILES string of the molecule is C1=Cc2c3ccccc3cc3cccc(c23)C1.C1=Cc2ccc3c4c(ccc(c24)C1)CC=C3.c1ccc2c(c1)c1ccccc1c1ccccc21.c1cnc2c(c1)ccc1cccnc12. The van der Waals surface area contributed by atoms with Gasteiger partial charge in [-0.25, -0.2) is 0 Å². The van der Waals surface area contributed by atoms with Crippen LogP contribution in [0.1, 0.15) is 33.4 Å². The standard InChI is InChI=1S/C18H12.C17H12.C16H12.C12H8N2/c1-2-8-14-13(7-1)15-9-3-4-11-17(15)18-12-6-5-10-16(14)18;1-2-9-15-13(5-1)11-14-8-3-6-12-7-4-10-16(15)17(12)14;1-3-11-7-9-13-5-2-6-14-10-8-12(4-1)15(11)16(13)14;1-3-9-5-6-10-4-2-8-14-12(10)11(9)13-7-1/h1-12H;1-6,8-11H,7H2;1-3,5,7-10H,4,6H2;1-8H. The van der Waals surface area contributed by atoms with Crippen molar-refractivity contribution in [3.8, 4) is 0 Å². The Hall–Kier alpha value is -8.20. The Bertz CT molecular complexity index is 3590. The monoisotopic (exact) mass is 828 g/mol. The van der Waals surface area contributed by atoms with E-state index in [1.54, 1.807) is 12.4 Å². The molecule has 0 amide bonds. The molecule has 0 fully saturated rings. The minimum atomic E-state index is 0.977. The molecule has 3 aliphatic carbocycles. The summed E-state index contributed by atoms with van der Waals surface area (Å²) in [4.78, 5) is 8.69. The highest BCUT2D eigenvalue weighted by atomic mass is 14.7. The number of fused-ring (bicyclic) bond motifs is 11. The zero-order chi connectivity index (χ0) is 43.1. The Morgan fingerprint density at radius 2 is 0.708 bits per heavy atom. The number of hydrogen-bond donors (Lipinski definition) is 0. The molecule has 2 nitrogen and oxygen atoms in total. The molecule has 306 valence electrons. The molecule has 0 atom stereocenters. The first-order valence-corrected chi connectivity index (χ1v) is 22.6. The maximum absolute atomic E-state index is 4.35. The molecule has 0 radical (unpaired) electrons. The van der Waals surface area contributed by atoms with Gasteiger partial charge in [-0.3, -0.25) is 9.97 Å². The fourth-order valence-electron chi connectivity index (χ4n) is 10.4. The van der Waals surface area contributed by atoms with Crippen molar-refractivity contribution in [1.29, 1.82) is 0 Å². The quantitative estimate of drug-likeness (QED) is 0.112. The highest BCUT2D eigenvalue weighted by molar-refractivity contribution is 6.25. The second kappa shape index (κ2) is 16.5. The van der Waals surface area contributed by atoms with Gasteiger partial charge in [-0.1, -0.05) is 200 Å². The molecule has 65 heavy (non-hydrogen) atoms. The molecule has 0 saturated carbocycles. The third-order valence-corrected chi connectivity index (χ3v) is 13.3. The first-order valence-electron chi connectivity index (χ1n) is 22.6. The van der Waals surface area contributed by atoms with Crippen molar-refractivity contribution >= 4 is 105 Å². The third-order valence-electron chi connectivity index (χ3n) is 13.3. The van der Waals surface area contributed by atoms with E-state index in [0.717, 1.165) is 41.1 Å². The topological polar surface area (TPSA) is 25.8 Å². The molecule has 2 heteroatoms. The third kappa shape index (κ3) is 6.92. The maximum atomic E-state index is 4.35. The molecule has 2 aromatic heterocycles. The van der Waals surface area contributed by atoms with Crippen molar-refractivity contribution in [3.63, 3.8) is 0 Å². The van der Waals surface area contributed by atoms with E-state index in [2.05, 4.69) is 216 Å². The van der Waals surface area contributed by atoms with E-state index in [1.807, 2.05) is 12.1 Å². The first-order chi connectivity index (χ1) is 32.3. The van der Waals surface area contributed by atoms with Crippen LogP contribution in [0.25, 0.3) is 105 Å². The lowest BCUT2D eigenvalue weighted by Crippen LogP contribution is -1.99. The van der Waals surface area contributed by atoms with Gasteiger partial charge in [0, 0.05) is 23.2 Å². The predicted octanol–water partition coefficient (Wildman–Crippen LogP) is 16.5. The zero-order valence-corrected chi connectivity index (χ0v) is 36.0. The molecule has 10 aromatic carbocycles. The summed E-state index contributed by atoms with van der Waals surface area (Å²) in [6.07, 6.45) is 20.4. The number of aromatic nitrogens is 2. The summed E-state index contributed by atoms with van der Waals surface area (Å²) in [6.45, 7) is 0. The fourth-order valence-corrected chi connectivity index (χ4v) is 10.4. The largest absolute Gasteiger partial charge is 0.254 e. The number of allylic oxidation sites excluding steroid dienone is 3. The van der Waals surface area contributed by atoms with E-state index in [4.69, 9.17) is 0 Å². The van der Waals surface area contributed by atoms with Gasteiger partial charge in [-0.05, 0) is 135 Å². The van der Waals surface area contributed by atoms with E-state index in [0.29, 0.717) is 0 Å². The molecule has 0 unspecified atom stereocenters. The van der Waals surface area contributed by atoms with Crippen molar-refractivity contribution < 1.29 is 0 Å². The van der Waals surface area contributed by atoms with Crippen LogP contribution in [-0.2, 0) is 19.3 Å². The van der Waals surface area contributed by atoms with Gasteiger partial charge in [0.05, 0.1) is 11.0 Å². The number of nitrogens with zero attached hydrogens (tertiary/aromatic N) is 2. The Balaban J connectivity index is 0.0000000915. The van der Waals surface area contributed by atoms with Crippen molar-refractivity contribution in [2.75, 3.05) is 0 Å². The van der Waals surface area contributed by atoms with Gasteiger partial charge >= 0.3 is 0 Å². The minimum Gasteiger partial charge on any atom is -0.254 e. The molecule has 15 rings (SSSR count). The van der Waals surface area contributed by atoms with Crippen LogP contribution in [0.4, 0.5) is 0 Å². The van der Waals surface area contributed by atoms with Gasteiger partial charge < -0.3 is 0 Å². The number of pyridine rings is 2. The predicted molar refractivity (Wildman–Crippen MR) is 280 cm³/mol. The smallest absolute Gasteiger partial charge is 0.0964 e. The molecule has 0 bridgehead atoms. The van der Waals surface area contributed by atoms with Gasteiger partial charge in [0.2, 0.25) is 0 Å². The summed E-state index contributed by atoms with van der Waals surface area (Å²) in [5, 5.41) is 18.8. The Labute approximate surface area is 378 Å². The van der Waals surface area contributed by atoms with Crippen molar-refractivity contribution in [3.05, 3.63) is 246 Å². The second-order valence-corrected chi connectivity index (χ2v) is 17.1. The molecular weight excluding hydrogens is 785 g/mol. The lowest BCUT2D eigenvalue weighted by Gasteiger charge is -2.19. The van der Waals surface area contributed by atoms with Crippen LogP contribution in [0.2, 0.25) is 0 Å². The van der Waals surface area contributed by atoms with Gasteiger partial charge in [0.15, 0.2) is 0 Å². The average molecular weight is 829 g/mol. The molecule has 0 aliphatic heterocycles. The maximum Gasteiger partial charge on any atom is 0.0964 e. The number of rotatable bonds is 0. The lowest BCUT2D eigenvalue weighted by molar-refractivity contribution is 1.24. The molecule has 12 aromatic rings. The number of hydrogen-bond acceptors (Lipinski definition) is 2. The minimum absolute atomic E-state index is 0.977. The fraction of sp³-hybridized carbons (Fsp3) is 0.0476. The normalized spacial score (nSPS) is 12.9. The second-order valence-electron chi connectivity index (χ2n) is 17.1. The molecular formula is C63H44N2. The summed E-state index contributed by atoms with van der Waals surface area (Å²) < 4.78 is 0. The van der Waals surface area contributed by atoms with Crippen molar-refractivity contribution in [2.24, 2.45) is 0 Å². The molecule has 3 aliphatic rings. The van der Waals surface area contributed by atoms with Gasteiger partial charge in [-0.2, -0.15) is 0 Å². The van der Waals surface area contributed by atoms with Gasteiger partial charge in [0.1, 0.15) is 0 Å². The Kier molecular flexibility index (Phi) is 9.76. The van der Waals surface area contributed by atoms with Crippen LogP contribution in [0, 0.1) is 0 Å². The summed E-state index contributed by atoms with van der Waals surface area (Å²) in [5.41, 5.74) is 10.5. The Morgan fingerprint density at radius 3 is 1.22 bits per heavy atom. The van der Waals surface area contributed by atoms with Crippen LogP contribution in [0.15, 0.2) is 213 Å². The van der Waals surface area contributed by atoms with Crippen LogP contribution < -0.4 is 0 Å². The van der Waals surface area contributed by atoms with Gasteiger partial charge in [0.25, 0.3) is 0 Å². The van der Waals surface area contributed by atoms with E-state index < -0.39 is 0 Å².